The van der Waals surface area contributed by atoms with E-state index in [1.54, 1.807) is 6.07 Å². The summed E-state index contributed by atoms with van der Waals surface area (Å²) in [7, 11) is 0. The van der Waals surface area contributed by atoms with Crippen molar-refractivity contribution in [3.63, 3.8) is 0 Å². The molecule has 1 aliphatic rings. The molecule has 1 unspecified atom stereocenters. The van der Waals surface area contributed by atoms with Crippen molar-refractivity contribution in [2.75, 3.05) is 19.6 Å². The molecule has 1 aliphatic heterocycles. The van der Waals surface area contributed by atoms with Gasteiger partial charge in [-0.05, 0) is 44.5 Å². The van der Waals surface area contributed by atoms with E-state index in [9.17, 15) is 9.59 Å². The number of fused-ring (bicyclic) bond motifs is 1. The number of amides is 1. The molecule has 128 valence electrons. The first-order valence-electron chi connectivity index (χ1n) is 8.35. The van der Waals surface area contributed by atoms with Crippen molar-refractivity contribution >= 4 is 22.8 Å². The average Bonchev–Trinajstić information content (AvgIpc) is 2.99. The van der Waals surface area contributed by atoms with E-state index in [-0.39, 0.29) is 18.4 Å². The zero-order valence-corrected chi connectivity index (χ0v) is 13.5. The Kier molecular flexibility index (Phi) is 5.15. The number of aliphatic carboxylic acids is 1. The minimum absolute atomic E-state index is 0.0734. The summed E-state index contributed by atoms with van der Waals surface area (Å²) in [6.45, 7) is 2.46. The van der Waals surface area contributed by atoms with Crippen LogP contribution in [0.5, 0.6) is 0 Å². The molecular weight excluding hydrogens is 308 g/mol. The van der Waals surface area contributed by atoms with Gasteiger partial charge in [0.25, 0.3) is 5.91 Å². The molecule has 2 N–H and O–H groups in total. The van der Waals surface area contributed by atoms with Gasteiger partial charge in [0.1, 0.15) is 5.58 Å². The highest BCUT2D eigenvalue weighted by molar-refractivity contribution is 5.96. The van der Waals surface area contributed by atoms with Crippen molar-refractivity contribution in [2.45, 2.75) is 31.7 Å². The lowest BCUT2D eigenvalue weighted by Gasteiger charge is -2.32. The van der Waals surface area contributed by atoms with E-state index in [0.29, 0.717) is 17.8 Å². The van der Waals surface area contributed by atoms with Gasteiger partial charge in [-0.3, -0.25) is 9.59 Å². The zero-order valence-electron chi connectivity index (χ0n) is 13.5. The second-order valence-electron chi connectivity index (χ2n) is 6.26. The Hall–Kier alpha value is -2.34. The number of carbonyl (C=O) groups excluding carboxylic acids is 1. The van der Waals surface area contributed by atoms with Crippen molar-refractivity contribution in [2.24, 2.45) is 0 Å². The van der Waals surface area contributed by atoms with Crippen molar-refractivity contribution in [3.8, 4) is 0 Å². The Bertz CT molecular complexity index is 692. The summed E-state index contributed by atoms with van der Waals surface area (Å²) in [6.07, 6.45) is 2.76. The Morgan fingerprint density at radius 2 is 2.17 bits per heavy atom. The van der Waals surface area contributed by atoms with Gasteiger partial charge < -0.3 is 19.7 Å². The highest BCUT2D eigenvalue weighted by Gasteiger charge is 2.23. The first-order valence-corrected chi connectivity index (χ1v) is 8.35. The monoisotopic (exact) mass is 330 g/mol. The van der Waals surface area contributed by atoms with Gasteiger partial charge >= 0.3 is 5.97 Å². The average molecular weight is 330 g/mol. The molecule has 1 aromatic carbocycles. The molecule has 3 rings (SSSR count). The van der Waals surface area contributed by atoms with E-state index in [1.165, 1.54) is 0 Å². The van der Waals surface area contributed by atoms with Crippen LogP contribution in [0.1, 0.15) is 36.2 Å². The van der Waals surface area contributed by atoms with Crippen molar-refractivity contribution in [3.05, 3.63) is 36.1 Å². The van der Waals surface area contributed by atoms with Gasteiger partial charge in [-0.2, -0.15) is 0 Å². The van der Waals surface area contributed by atoms with Crippen molar-refractivity contribution in [1.82, 2.24) is 10.2 Å². The molecule has 1 saturated heterocycles. The van der Waals surface area contributed by atoms with Crippen LogP contribution in [-0.2, 0) is 4.79 Å². The molecule has 1 fully saturated rings. The van der Waals surface area contributed by atoms with Crippen LogP contribution in [0.2, 0.25) is 0 Å². The summed E-state index contributed by atoms with van der Waals surface area (Å²) in [5, 5.41) is 12.7. The summed E-state index contributed by atoms with van der Waals surface area (Å²) in [4.78, 5) is 25.2. The Morgan fingerprint density at radius 3 is 2.96 bits per heavy atom. The second-order valence-corrected chi connectivity index (χ2v) is 6.26. The molecule has 0 aliphatic carbocycles. The molecule has 24 heavy (non-hydrogen) atoms. The van der Waals surface area contributed by atoms with E-state index in [2.05, 4.69) is 10.2 Å². The van der Waals surface area contributed by atoms with Crippen LogP contribution in [0.25, 0.3) is 11.0 Å². The van der Waals surface area contributed by atoms with E-state index < -0.39 is 5.97 Å². The number of hydrogen-bond acceptors (Lipinski definition) is 4. The third kappa shape index (κ3) is 4.14. The van der Waals surface area contributed by atoms with E-state index in [4.69, 9.17) is 9.52 Å². The number of carbonyl (C=O) groups is 2. The summed E-state index contributed by atoms with van der Waals surface area (Å²) < 4.78 is 5.60. The molecule has 1 aromatic heterocycles. The van der Waals surface area contributed by atoms with Gasteiger partial charge in [0.05, 0.1) is 0 Å². The van der Waals surface area contributed by atoms with Crippen molar-refractivity contribution < 1.29 is 19.1 Å². The number of hydrogen-bond donors (Lipinski definition) is 2. The minimum atomic E-state index is -0.762. The number of furan rings is 1. The standard InChI is InChI=1S/C18H22N2O4/c21-17(22)8-4-10-20-9-3-6-14(12-20)19-18(23)16-11-13-5-1-2-7-15(13)24-16/h1-2,5,7,11,14H,3-4,6,8-10,12H2,(H,19,23)(H,21,22). The fourth-order valence-corrected chi connectivity index (χ4v) is 3.18. The maximum Gasteiger partial charge on any atom is 0.303 e. The predicted molar refractivity (Wildman–Crippen MR) is 90.0 cm³/mol. The van der Waals surface area contributed by atoms with Gasteiger partial charge in [0.2, 0.25) is 0 Å². The largest absolute Gasteiger partial charge is 0.481 e. The molecule has 1 atom stereocenters. The summed E-state index contributed by atoms with van der Waals surface area (Å²) in [5.41, 5.74) is 0.710. The molecular formula is C18H22N2O4. The van der Waals surface area contributed by atoms with Crippen LogP contribution in [0.15, 0.2) is 34.7 Å². The Balaban J connectivity index is 1.54. The molecule has 6 heteroatoms. The maximum absolute atomic E-state index is 12.4. The summed E-state index contributed by atoms with van der Waals surface area (Å²) >= 11 is 0. The SMILES string of the molecule is O=C(O)CCCN1CCCC(NC(=O)c2cc3ccccc3o2)C1. The third-order valence-electron chi connectivity index (χ3n) is 4.36. The van der Waals surface area contributed by atoms with E-state index in [0.717, 1.165) is 37.9 Å². The van der Waals surface area contributed by atoms with Gasteiger partial charge in [-0.25, -0.2) is 0 Å². The van der Waals surface area contributed by atoms with Crippen LogP contribution >= 0.6 is 0 Å². The van der Waals surface area contributed by atoms with Crippen LogP contribution in [0.3, 0.4) is 0 Å². The number of para-hydroxylation sites is 1. The first kappa shape index (κ1) is 16.5. The number of benzene rings is 1. The van der Waals surface area contributed by atoms with Crippen LogP contribution in [-0.4, -0.2) is 47.6 Å². The normalized spacial score (nSPS) is 18.6. The molecule has 2 aromatic rings. The molecule has 1 amide bonds. The van der Waals surface area contributed by atoms with Crippen LogP contribution in [0.4, 0.5) is 0 Å². The van der Waals surface area contributed by atoms with Gasteiger partial charge in [-0.1, -0.05) is 18.2 Å². The van der Waals surface area contributed by atoms with Crippen LogP contribution < -0.4 is 5.32 Å². The Labute approximate surface area is 140 Å². The van der Waals surface area contributed by atoms with Gasteiger partial charge in [0.15, 0.2) is 5.76 Å². The molecule has 6 nitrogen and oxygen atoms in total. The van der Waals surface area contributed by atoms with E-state index >= 15 is 0 Å². The highest BCUT2D eigenvalue weighted by atomic mass is 16.4. The molecule has 0 spiro atoms. The van der Waals surface area contributed by atoms with Crippen LogP contribution in [0, 0.1) is 0 Å². The number of nitrogens with one attached hydrogen (secondary N) is 1. The Morgan fingerprint density at radius 1 is 1.33 bits per heavy atom. The molecule has 0 bridgehead atoms. The lowest BCUT2D eigenvalue weighted by molar-refractivity contribution is -0.137. The first-order chi connectivity index (χ1) is 11.6. The topological polar surface area (TPSA) is 82.8 Å². The molecule has 2 heterocycles. The quantitative estimate of drug-likeness (QED) is 0.850. The molecule has 0 saturated carbocycles. The number of nitrogens with zero attached hydrogens (tertiary/aromatic N) is 1. The number of likely N-dealkylation sites (tertiary alicyclic amines) is 1. The fourth-order valence-electron chi connectivity index (χ4n) is 3.18. The molecule has 0 radical (unpaired) electrons. The zero-order chi connectivity index (χ0) is 16.9. The van der Waals surface area contributed by atoms with Gasteiger partial charge in [0, 0.05) is 24.4 Å². The summed E-state index contributed by atoms with van der Waals surface area (Å²) in [6, 6.07) is 9.39. The number of carboxylic acid groups (broad SMARTS) is 1. The summed E-state index contributed by atoms with van der Waals surface area (Å²) in [5.74, 6) is -0.621. The number of piperidine rings is 1. The lowest BCUT2D eigenvalue weighted by Crippen LogP contribution is -2.47. The van der Waals surface area contributed by atoms with Gasteiger partial charge in [-0.15, -0.1) is 0 Å². The maximum atomic E-state index is 12.4. The smallest absolute Gasteiger partial charge is 0.303 e. The fraction of sp³-hybridized carbons (Fsp3) is 0.444. The lowest BCUT2D eigenvalue weighted by atomic mass is 10.1. The number of rotatable bonds is 6. The number of carboxylic acids is 1. The van der Waals surface area contributed by atoms with E-state index in [1.807, 2.05) is 24.3 Å². The highest BCUT2D eigenvalue weighted by Crippen LogP contribution is 2.19. The third-order valence-corrected chi connectivity index (χ3v) is 4.36. The predicted octanol–water partition coefficient (Wildman–Crippen LogP) is 2.49. The van der Waals surface area contributed by atoms with Crippen molar-refractivity contribution in [1.29, 1.82) is 0 Å². The second kappa shape index (κ2) is 7.49. The minimum Gasteiger partial charge on any atom is -0.481 e.